The van der Waals surface area contributed by atoms with Crippen molar-refractivity contribution in [3.8, 4) is 0 Å². The Labute approximate surface area is 96.0 Å². The molecule has 0 radical (unpaired) electrons. The molecule has 0 aliphatic heterocycles. The largest absolute Gasteiger partial charge is 0.468 e. The van der Waals surface area contributed by atoms with Gasteiger partial charge in [0.15, 0.2) is 5.76 Å². The number of esters is 1. The van der Waals surface area contributed by atoms with Gasteiger partial charge in [0.25, 0.3) is 0 Å². The predicted molar refractivity (Wildman–Crippen MR) is 60.0 cm³/mol. The molecule has 0 saturated heterocycles. The van der Waals surface area contributed by atoms with E-state index in [-0.39, 0.29) is 11.9 Å². The van der Waals surface area contributed by atoms with Crippen LogP contribution >= 0.6 is 0 Å². The van der Waals surface area contributed by atoms with E-state index in [0.717, 1.165) is 19.3 Å². The summed E-state index contributed by atoms with van der Waals surface area (Å²) in [7, 11) is 1.40. The summed E-state index contributed by atoms with van der Waals surface area (Å²) in [5, 5.41) is 3.62. The molecule has 1 rings (SSSR count). The predicted octanol–water partition coefficient (Wildman–Crippen LogP) is 2.90. The Morgan fingerprint density at radius 3 is 2.88 bits per heavy atom. The van der Waals surface area contributed by atoms with Crippen molar-refractivity contribution >= 4 is 5.97 Å². The van der Waals surface area contributed by atoms with Crippen LogP contribution in [0.15, 0.2) is 16.8 Å². The molecule has 0 aromatic carbocycles. The molecule has 1 aromatic rings. The summed E-state index contributed by atoms with van der Waals surface area (Å²) in [6.07, 6.45) is 6.85. The van der Waals surface area contributed by atoms with Crippen molar-refractivity contribution < 1.29 is 14.1 Å². The summed E-state index contributed by atoms with van der Waals surface area (Å²) in [5.41, 5.74) is 0. The van der Waals surface area contributed by atoms with Gasteiger partial charge in [-0.15, -0.1) is 0 Å². The van der Waals surface area contributed by atoms with E-state index in [1.807, 2.05) is 0 Å². The Morgan fingerprint density at radius 1 is 1.50 bits per heavy atom. The molecule has 16 heavy (non-hydrogen) atoms. The van der Waals surface area contributed by atoms with Crippen molar-refractivity contribution in [2.24, 2.45) is 0 Å². The summed E-state index contributed by atoms with van der Waals surface area (Å²) in [5.74, 6) is 0.0564. The highest BCUT2D eigenvalue weighted by molar-refractivity contribution is 5.77. The van der Waals surface area contributed by atoms with Crippen molar-refractivity contribution in [1.29, 1.82) is 0 Å². The third-order valence-corrected chi connectivity index (χ3v) is 2.63. The van der Waals surface area contributed by atoms with Crippen molar-refractivity contribution in [3.05, 3.63) is 18.0 Å². The zero-order valence-electron chi connectivity index (χ0n) is 9.94. The number of carbonyl (C=O) groups excluding carboxylic acids is 1. The van der Waals surface area contributed by atoms with Crippen LogP contribution in [0.3, 0.4) is 0 Å². The quantitative estimate of drug-likeness (QED) is 0.529. The molecule has 0 bridgehead atoms. The standard InChI is InChI=1S/C12H19NO3/c1-3-4-5-6-7-10(12(14)15-2)11-8-9-13-16-11/h8-10H,3-7H2,1-2H3. The highest BCUT2D eigenvalue weighted by Crippen LogP contribution is 2.23. The second-order valence-corrected chi connectivity index (χ2v) is 3.84. The summed E-state index contributed by atoms with van der Waals surface area (Å²) in [6.45, 7) is 2.16. The number of methoxy groups -OCH3 is 1. The lowest BCUT2D eigenvalue weighted by atomic mass is 9.98. The molecule has 90 valence electrons. The van der Waals surface area contributed by atoms with Gasteiger partial charge >= 0.3 is 5.97 Å². The van der Waals surface area contributed by atoms with Crippen LogP contribution in [-0.2, 0) is 9.53 Å². The van der Waals surface area contributed by atoms with E-state index >= 15 is 0 Å². The zero-order chi connectivity index (χ0) is 11.8. The first kappa shape index (κ1) is 12.7. The second kappa shape index (κ2) is 7.04. The van der Waals surface area contributed by atoms with Gasteiger partial charge in [-0.05, 0) is 6.42 Å². The number of carbonyl (C=O) groups is 1. The Hall–Kier alpha value is -1.32. The average molecular weight is 225 g/mol. The number of rotatable bonds is 7. The second-order valence-electron chi connectivity index (χ2n) is 3.84. The molecule has 0 fully saturated rings. The van der Waals surface area contributed by atoms with Gasteiger partial charge in [0, 0.05) is 6.07 Å². The molecule has 4 nitrogen and oxygen atoms in total. The maximum absolute atomic E-state index is 11.6. The number of unbranched alkanes of at least 4 members (excludes halogenated alkanes) is 3. The third kappa shape index (κ3) is 3.68. The maximum atomic E-state index is 11.6. The van der Waals surface area contributed by atoms with Gasteiger partial charge in [-0.25, -0.2) is 0 Å². The minimum atomic E-state index is -0.302. The molecule has 1 aromatic heterocycles. The first-order valence-corrected chi connectivity index (χ1v) is 5.78. The van der Waals surface area contributed by atoms with Crippen LogP contribution in [0.4, 0.5) is 0 Å². The molecule has 1 heterocycles. The summed E-state index contributed by atoms with van der Waals surface area (Å²) in [4.78, 5) is 11.6. The molecule has 1 unspecified atom stereocenters. The van der Waals surface area contributed by atoms with Crippen LogP contribution in [-0.4, -0.2) is 18.2 Å². The lowest BCUT2D eigenvalue weighted by Gasteiger charge is -2.10. The van der Waals surface area contributed by atoms with Crippen LogP contribution in [0.1, 0.15) is 50.7 Å². The lowest BCUT2D eigenvalue weighted by Crippen LogP contribution is -2.13. The molecule has 4 heteroatoms. The topological polar surface area (TPSA) is 52.3 Å². The first-order valence-electron chi connectivity index (χ1n) is 5.78. The van der Waals surface area contributed by atoms with E-state index in [9.17, 15) is 4.79 Å². The maximum Gasteiger partial charge on any atom is 0.316 e. The molecular weight excluding hydrogens is 206 g/mol. The lowest BCUT2D eigenvalue weighted by molar-refractivity contribution is -0.143. The molecule has 0 saturated carbocycles. The highest BCUT2D eigenvalue weighted by atomic mass is 16.5. The van der Waals surface area contributed by atoms with Crippen LogP contribution in [0, 0.1) is 0 Å². The van der Waals surface area contributed by atoms with E-state index < -0.39 is 0 Å². The Bertz CT molecular complexity index is 295. The SMILES string of the molecule is CCCCCCC(C(=O)OC)c1ccno1. The van der Waals surface area contributed by atoms with Crippen molar-refractivity contribution in [3.63, 3.8) is 0 Å². The van der Waals surface area contributed by atoms with Crippen LogP contribution in [0.25, 0.3) is 0 Å². The third-order valence-electron chi connectivity index (χ3n) is 2.63. The van der Waals surface area contributed by atoms with Crippen LogP contribution in [0.2, 0.25) is 0 Å². The van der Waals surface area contributed by atoms with E-state index in [4.69, 9.17) is 9.26 Å². The number of aromatic nitrogens is 1. The molecule has 0 aliphatic carbocycles. The van der Waals surface area contributed by atoms with Gasteiger partial charge in [0.05, 0.1) is 13.3 Å². The van der Waals surface area contributed by atoms with Gasteiger partial charge in [0.1, 0.15) is 5.92 Å². The minimum Gasteiger partial charge on any atom is -0.468 e. The molecule has 0 amide bonds. The molecular formula is C12H19NO3. The first-order chi connectivity index (χ1) is 7.79. The average Bonchev–Trinajstić information content (AvgIpc) is 2.82. The van der Waals surface area contributed by atoms with E-state index in [0.29, 0.717) is 5.76 Å². The molecule has 0 spiro atoms. The monoisotopic (exact) mass is 225 g/mol. The molecule has 0 N–H and O–H groups in total. The van der Waals surface area contributed by atoms with E-state index in [2.05, 4.69) is 12.1 Å². The fraction of sp³-hybridized carbons (Fsp3) is 0.667. The van der Waals surface area contributed by atoms with Crippen LogP contribution < -0.4 is 0 Å². The van der Waals surface area contributed by atoms with E-state index in [1.165, 1.54) is 20.0 Å². The fourth-order valence-corrected chi connectivity index (χ4v) is 1.70. The molecule has 0 aliphatic rings. The fourth-order valence-electron chi connectivity index (χ4n) is 1.70. The van der Waals surface area contributed by atoms with Crippen molar-refractivity contribution in [2.75, 3.05) is 7.11 Å². The van der Waals surface area contributed by atoms with Gasteiger partial charge in [0.2, 0.25) is 0 Å². The number of hydrogen-bond acceptors (Lipinski definition) is 4. The molecule has 1 atom stereocenters. The Morgan fingerprint density at radius 2 is 2.31 bits per heavy atom. The van der Waals surface area contributed by atoms with Gasteiger partial charge in [-0.3, -0.25) is 4.79 Å². The van der Waals surface area contributed by atoms with Gasteiger partial charge in [-0.2, -0.15) is 0 Å². The Balaban J connectivity index is 2.49. The Kier molecular flexibility index (Phi) is 5.61. The van der Waals surface area contributed by atoms with Crippen molar-refractivity contribution in [1.82, 2.24) is 5.16 Å². The summed E-state index contributed by atoms with van der Waals surface area (Å²) < 4.78 is 9.79. The van der Waals surface area contributed by atoms with Gasteiger partial charge in [-0.1, -0.05) is 37.8 Å². The van der Waals surface area contributed by atoms with Crippen molar-refractivity contribution in [2.45, 2.75) is 44.9 Å². The summed E-state index contributed by atoms with van der Waals surface area (Å²) in [6, 6.07) is 1.72. The number of hydrogen-bond donors (Lipinski definition) is 0. The number of nitrogens with zero attached hydrogens (tertiary/aromatic N) is 1. The summed E-state index contributed by atoms with van der Waals surface area (Å²) >= 11 is 0. The number of ether oxygens (including phenoxy) is 1. The van der Waals surface area contributed by atoms with Gasteiger partial charge < -0.3 is 9.26 Å². The normalized spacial score (nSPS) is 12.4. The smallest absolute Gasteiger partial charge is 0.316 e. The zero-order valence-corrected chi connectivity index (χ0v) is 9.94. The van der Waals surface area contributed by atoms with E-state index in [1.54, 1.807) is 12.3 Å². The minimum absolute atomic E-state index is 0.242. The van der Waals surface area contributed by atoms with Crippen LogP contribution in [0.5, 0.6) is 0 Å². The highest BCUT2D eigenvalue weighted by Gasteiger charge is 2.24.